The summed E-state index contributed by atoms with van der Waals surface area (Å²) in [7, 11) is 0. The standard InChI is InChI=1S/C12H17N3/c1-4-12(3,5-2)15-11-9-14-7-6-10(11)8-13/h6-7,9,15H,4-5H2,1-3H3. The Labute approximate surface area is 91.1 Å². The zero-order valence-electron chi connectivity index (χ0n) is 9.54. The van der Waals surface area contributed by atoms with E-state index in [4.69, 9.17) is 5.26 Å². The number of nitrogens with one attached hydrogen (secondary N) is 1. The van der Waals surface area contributed by atoms with Crippen molar-refractivity contribution in [2.24, 2.45) is 0 Å². The van der Waals surface area contributed by atoms with E-state index in [2.05, 4.69) is 37.1 Å². The van der Waals surface area contributed by atoms with E-state index in [9.17, 15) is 0 Å². The third kappa shape index (κ3) is 2.69. The van der Waals surface area contributed by atoms with Crippen LogP contribution in [0, 0.1) is 11.3 Å². The van der Waals surface area contributed by atoms with E-state index in [1.807, 2.05) is 0 Å². The van der Waals surface area contributed by atoms with Gasteiger partial charge < -0.3 is 5.32 Å². The second-order valence-corrected chi connectivity index (χ2v) is 3.93. The molecule has 0 aromatic carbocycles. The van der Waals surface area contributed by atoms with Gasteiger partial charge in [0.05, 0.1) is 17.4 Å². The molecule has 80 valence electrons. The van der Waals surface area contributed by atoms with Crippen LogP contribution in [-0.2, 0) is 0 Å². The third-order valence-electron chi connectivity index (χ3n) is 2.94. The monoisotopic (exact) mass is 203 g/mol. The molecule has 1 aromatic rings. The highest BCUT2D eigenvalue weighted by Gasteiger charge is 2.20. The maximum absolute atomic E-state index is 8.94. The summed E-state index contributed by atoms with van der Waals surface area (Å²) in [6, 6.07) is 3.89. The van der Waals surface area contributed by atoms with Crippen LogP contribution in [0.4, 0.5) is 5.69 Å². The van der Waals surface area contributed by atoms with Gasteiger partial charge in [0.25, 0.3) is 0 Å². The van der Waals surface area contributed by atoms with Crippen molar-refractivity contribution in [1.82, 2.24) is 4.98 Å². The van der Waals surface area contributed by atoms with Crippen molar-refractivity contribution in [2.75, 3.05) is 5.32 Å². The smallest absolute Gasteiger partial charge is 0.101 e. The minimum absolute atomic E-state index is 0.0363. The highest BCUT2D eigenvalue weighted by atomic mass is 15.0. The quantitative estimate of drug-likeness (QED) is 0.818. The zero-order chi connectivity index (χ0) is 11.3. The Bertz CT molecular complexity index is 361. The molecule has 0 unspecified atom stereocenters. The van der Waals surface area contributed by atoms with Crippen LogP contribution >= 0.6 is 0 Å². The molecule has 0 spiro atoms. The topological polar surface area (TPSA) is 48.7 Å². The van der Waals surface area contributed by atoms with Gasteiger partial charge in [0.1, 0.15) is 6.07 Å². The molecule has 0 radical (unpaired) electrons. The number of anilines is 1. The summed E-state index contributed by atoms with van der Waals surface area (Å²) in [6.07, 6.45) is 5.38. The average molecular weight is 203 g/mol. The first-order chi connectivity index (χ1) is 7.15. The Morgan fingerprint density at radius 3 is 2.67 bits per heavy atom. The zero-order valence-corrected chi connectivity index (χ0v) is 9.54. The molecular weight excluding hydrogens is 186 g/mol. The van der Waals surface area contributed by atoms with Crippen LogP contribution < -0.4 is 5.32 Å². The van der Waals surface area contributed by atoms with Crippen molar-refractivity contribution in [1.29, 1.82) is 5.26 Å². The second kappa shape index (κ2) is 4.79. The molecule has 0 amide bonds. The lowest BCUT2D eigenvalue weighted by Crippen LogP contribution is -2.33. The van der Waals surface area contributed by atoms with E-state index < -0.39 is 0 Å². The van der Waals surface area contributed by atoms with Gasteiger partial charge in [-0.1, -0.05) is 13.8 Å². The van der Waals surface area contributed by atoms with Crippen LogP contribution in [0.2, 0.25) is 0 Å². The lowest BCUT2D eigenvalue weighted by atomic mass is 9.95. The van der Waals surface area contributed by atoms with Crippen LogP contribution in [0.1, 0.15) is 39.2 Å². The molecule has 3 nitrogen and oxygen atoms in total. The molecule has 0 aliphatic carbocycles. The molecule has 1 rings (SSSR count). The molecule has 1 N–H and O–H groups in total. The predicted molar refractivity (Wildman–Crippen MR) is 61.6 cm³/mol. The van der Waals surface area contributed by atoms with Crippen LogP contribution in [0.25, 0.3) is 0 Å². The van der Waals surface area contributed by atoms with Gasteiger partial charge in [-0.25, -0.2) is 0 Å². The third-order valence-corrected chi connectivity index (χ3v) is 2.94. The molecule has 0 aliphatic heterocycles. The number of nitriles is 1. The van der Waals surface area contributed by atoms with E-state index in [0.29, 0.717) is 5.56 Å². The summed E-state index contributed by atoms with van der Waals surface area (Å²) >= 11 is 0. The number of hydrogen-bond donors (Lipinski definition) is 1. The molecule has 0 fully saturated rings. The molecule has 1 heterocycles. The van der Waals surface area contributed by atoms with Crippen molar-refractivity contribution < 1.29 is 0 Å². The van der Waals surface area contributed by atoms with Crippen LogP contribution in [0.3, 0.4) is 0 Å². The predicted octanol–water partition coefficient (Wildman–Crippen LogP) is 2.94. The van der Waals surface area contributed by atoms with Crippen molar-refractivity contribution >= 4 is 5.69 Å². The summed E-state index contributed by atoms with van der Waals surface area (Å²) in [6.45, 7) is 6.43. The second-order valence-electron chi connectivity index (χ2n) is 3.93. The first-order valence-electron chi connectivity index (χ1n) is 5.27. The number of hydrogen-bond acceptors (Lipinski definition) is 3. The van der Waals surface area contributed by atoms with Crippen molar-refractivity contribution in [3.8, 4) is 6.07 Å². The fourth-order valence-electron chi connectivity index (χ4n) is 1.34. The van der Waals surface area contributed by atoms with Gasteiger partial charge in [0.15, 0.2) is 0 Å². The Morgan fingerprint density at radius 2 is 2.13 bits per heavy atom. The minimum atomic E-state index is 0.0363. The largest absolute Gasteiger partial charge is 0.378 e. The van der Waals surface area contributed by atoms with E-state index >= 15 is 0 Å². The number of pyridine rings is 1. The van der Waals surface area contributed by atoms with E-state index in [1.54, 1.807) is 18.5 Å². The summed E-state index contributed by atoms with van der Waals surface area (Å²) in [5.41, 5.74) is 1.51. The van der Waals surface area contributed by atoms with E-state index in [-0.39, 0.29) is 5.54 Å². The summed E-state index contributed by atoms with van der Waals surface area (Å²) in [5, 5.41) is 12.3. The van der Waals surface area contributed by atoms with Crippen molar-refractivity contribution in [3.63, 3.8) is 0 Å². The van der Waals surface area contributed by atoms with Gasteiger partial charge in [0, 0.05) is 11.7 Å². The molecule has 0 saturated heterocycles. The maximum Gasteiger partial charge on any atom is 0.101 e. The summed E-state index contributed by atoms with van der Waals surface area (Å²) in [4.78, 5) is 4.03. The SMILES string of the molecule is CCC(C)(CC)Nc1cnccc1C#N. The Kier molecular flexibility index (Phi) is 3.68. The summed E-state index contributed by atoms with van der Waals surface area (Å²) < 4.78 is 0. The lowest BCUT2D eigenvalue weighted by Gasteiger charge is -2.29. The first-order valence-corrected chi connectivity index (χ1v) is 5.27. The molecule has 0 aliphatic rings. The summed E-state index contributed by atoms with van der Waals surface area (Å²) in [5.74, 6) is 0. The molecule has 0 saturated carbocycles. The normalized spacial score (nSPS) is 10.8. The number of nitrogens with zero attached hydrogens (tertiary/aromatic N) is 2. The number of rotatable bonds is 4. The van der Waals surface area contributed by atoms with Crippen molar-refractivity contribution in [2.45, 2.75) is 39.2 Å². The Hall–Kier alpha value is -1.56. The van der Waals surface area contributed by atoms with Crippen LogP contribution in [0.15, 0.2) is 18.5 Å². The van der Waals surface area contributed by atoms with E-state index in [1.165, 1.54) is 0 Å². The number of aromatic nitrogens is 1. The van der Waals surface area contributed by atoms with E-state index in [0.717, 1.165) is 18.5 Å². The van der Waals surface area contributed by atoms with Gasteiger partial charge in [-0.15, -0.1) is 0 Å². The van der Waals surface area contributed by atoms with Crippen molar-refractivity contribution in [3.05, 3.63) is 24.0 Å². The molecule has 15 heavy (non-hydrogen) atoms. The van der Waals surface area contributed by atoms with Gasteiger partial charge in [0.2, 0.25) is 0 Å². The fourth-order valence-corrected chi connectivity index (χ4v) is 1.34. The first kappa shape index (κ1) is 11.5. The molecule has 3 heteroatoms. The lowest BCUT2D eigenvalue weighted by molar-refractivity contribution is 0.478. The Balaban J connectivity index is 2.94. The molecule has 1 aromatic heterocycles. The van der Waals surface area contributed by atoms with Gasteiger partial charge in [-0.05, 0) is 25.8 Å². The Morgan fingerprint density at radius 1 is 1.47 bits per heavy atom. The maximum atomic E-state index is 8.94. The minimum Gasteiger partial charge on any atom is -0.378 e. The van der Waals surface area contributed by atoms with Crippen LogP contribution in [0.5, 0.6) is 0 Å². The van der Waals surface area contributed by atoms with Gasteiger partial charge in [-0.3, -0.25) is 4.98 Å². The van der Waals surface area contributed by atoms with Gasteiger partial charge >= 0.3 is 0 Å². The highest BCUT2D eigenvalue weighted by molar-refractivity contribution is 5.56. The van der Waals surface area contributed by atoms with Crippen LogP contribution in [-0.4, -0.2) is 10.5 Å². The molecule has 0 bridgehead atoms. The van der Waals surface area contributed by atoms with Gasteiger partial charge in [-0.2, -0.15) is 5.26 Å². The highest BCUT2D eigenvalue weighted by Crippen LogP contribution is 2.23. The molecular formula is C12H17N3. The molecule has 0 atom stereocenters. The fraction of sp³-hybridized carbons (Fsp3) is 0.500. The average Bonchev–Trinajstić information content (AvgIpc) is 2.29.